The van der Waals surface area contributed by atoms with Crippen molar-refractivity contribution in [3.63, 3.8) is 0 Å². The Hall–Kier alpha value is -0.650. The zero-order valence-corrected chi connectivity index (χ0v) is 13.3. The third kappa shape index (κ3) is 2.39. The van der Waals surface area contributed by atoms with Crippen molar-refractivity contribution in [2.45, 2.75) is 32.9 Å². The molecule has 0 aliphatic rings. The lowest BCUT2D eigenvalue weighted by Crippen LogP contribution is -2.21. The number of nitrogens with one attached hydrogen (secondary N) is 1. The molecule has 2 heterocycles. The first-order chi connectivity index (χ1) is 8.72. The second kappa shape index (κ2) is 5.99. The van der Waals surface area contributed by atoms with Crippen molar-refractivity contribution in [2.75, 3.05) is 7.05 Å². The molecule has 5 heteroatoms. The van der Waals surface area contributed by atoms with Crippen molar-refractivity contribution in [2.24, 2.45) is 0 Å². The number of aryl methyl sites for hydroxylation is 2. The Bertz CT molecular complexity index is 518. The van der Waals surface area contributed by atoms with E-state index in [1.54, 1.807) is 0 Å². The van der Waals surface area contributed by atoms with Crippen LogP contribution in [0, 0.1) is 0 Å². The van der Waals surface area contributed by atoms with Crippen LogP contribution in [0.15, 0.2) is 22.1 Å². The maximum absolute atomic E-state index is 4.40. The van der Waals surface area contributed by atoms with Gasteiger partial charge in [-0.3, -0.25) is 4.68 Å². The molecule has 2 aromatic heterocycles. The lowest BCUT2D eigenvalue weighted by molar-refractivity contribution is 0.564. The maximum Gasteiger partial charge on any atom is 0.0853 e. The number of hydrogen-bond donors (Lipinski definition) is 1. The van der Waals surface area contributed by atoms with Gasteiger partial charge in [0.15, 0.2) is 0 Å². The van der Waals surface area contributed by atoms with Crippen molar-refractivity contribution in [3.05, 3.63) is 38.3 Å². The predicted molar refractivity (Wildman–Crippen MR) is 80.2 cm³/mol. The van der Waals surface area contributed by atoms with Gasteiger partial charge in [0, 0.05) is 11.4 Å². The van der Waals surface area contributed by atoms with E-state index in [-0.39, 0.29) is 6.04 Å². The SMILES string of the molecule is CCc1ccsc1C(NC)c1c(Br)cnn1CC. The normalized spacial score (nSPS) is 12.9. The number of hydrogen-bond acceptors (Lipinski definition) is 3. The predicted octanol–water partition coefficient (Wildman–Crippen LogP) is 3.60. The van der Waals surface area contributed by atoms with E-state index in [1.807, 2.05) is 29.3 Å². The van der Waals surface area contributed by atoms with Gasteiger partial charge in [-0.1, -0.05) is 6.92 Å². The highest BCUT2D eigenvalue weighted by atomic mass is 79.9. The van der Waals surface area contributed by atoms with Gasteiger partial charge >= 0.3 is 0 Å². The highest BCUT2D eigenvalue weighted by molar-refractivity contribution is 9.10. The molecule has 1 atom stereocenters. The molecule has 18 heavy (non-hydrogen) atoms. The van der Waals surface area contributed by atoms with Crippen LogP contribution in [0.1, 0.15) is 36.0 Å². The summed E-state index contributed by atoms with van der Waals surface area (Å²) in [6, 6.07) is 2.42. The molecule has 0 saturated heterocycles. The van der Waals surface area contributed by atoms with E-state index >= 15 is 0 Å². The first-order valence-electron chi connectivity index (χ1n) is 6.17. The van der Waals surface area contributed by atoms with Crippen molar-refractivity contribution >= 4 is 27.3 Å². The summed E-state index contributed by atoms with van der Waals surface area (Å²) in [5.41, 5.74) is 2.62. The lowest BCUT2D eigenvalue weighted by Gasteiger charge is -2.18. The molecule has 2 rings (SSSR count). The van der Waals surface area contributed by atoms with E-state index in [9.17, 15) is 0 Å². The van der Waals surface area contributed by atoms with E-state index in [0.717, 1.165) is 17.4 Å². The van der Waals surface area contributed by atoms with Crippen LogP contribution in [-0.4, -0.2) is 16.8 Å². The van der Waals surface area contributed by atoms with E-state index in [0.29, 0.717) is 0 Å². The van der Waals surface area contributed by atoms with Crippen molar-refractivity contribution in [3.8, 4) is 0 Å². The van der Waals surface area contributed by atoms with Gasteiger partial charge in [0.1, 0.15) is 0 Å². The fraction of sp³-hybridized carbons (Fsp3) is 0.462. The van der Waals surface area contributed by atoms with Gasteiger partial charge in [0.05, 0.1) is 22.4 Å². The monoisotopic (exact) mass is 327 g/mol. The molecule has 0 radical (unpaired) electrons. The molecule has 3 nitrogen and oxygen atoms in total. The minimum atomic E-state index is 0.205. The van der Waals surface area contributed by atoms with E-state index in [1.165, 1.54) is 16.1 Å². The highest BCUT2D eigenvalue weighted by Gasteiger charge is 2.22. The molecule has 1 unspecified atom stereocenters. The topological polar surface area (TPSA) is 29.9 Å². The summed E-state index contributed by atoms with van der Waals surface area (Å²) in [6.07, 6.45) is 2.94. The molecule has 98 valence electrons. The third-order valence-corrected chi connectivity index (χ3v) is 4.75. The largest absolute Gasteiger partial charge is 0.307 e. The number of rotatable bonds is 5. The van der Waals surface area contributed by atoms with Crippen LogP contribution in [0.5, 0.6) is 0 Å². The quantitative estimate of drug-likeness (QED) is 0.909. The molecular weight excluding hydrogens is 310 g/mol. The summed E-state index contributed by atoms with van der Waals surface area (Å²) >= 11 is 5.42. The molecule has 0 bridgehead atoms. The van der Waals surface area contributed by atoms with E-state index in [4.69, 9.17) is 0 Å². The van der Waals surface area contributed by atoms with Gasteiger partial charge < -0.3 is 5.32 Å². The summed E-state index contributed by atoms with van der Waals surface area (Å²) in [7, 11) is 2.00. The zero-order valence-electron chi connectivity index (χ0n) is 10.9. The summed E-state index contributed by atoms with van der Waals surface area (Å²) in [6.45, 7) is 5.20. The number of thiophene rings is 1. The van der Waals surface area contributed by atoms with Crippen LogP contribution in [-0.2, 0) is 13.0 Å². The summed E-state index contributed by atoms with van der Waals surface area (Å²) in [5, 5.41) is 9.99. The van der Waals surface area contributed by atoms with Gasteiger partial charge in [0.25, 0.3) is 0 Å². The molecule has 2 aromatic rings. The van der Waals surface area contributed by atoms with Gasteiger partial charge in [-0.15, -0.1) is 11.3 Å². The molecule has 0 aliphatic carbocycles. The van der Waals surface area contributed by atoms with Gasteiger partial charge in [-0.05, 0) is 53.3 Å². The Morgan fingerprint density at radius 3 is 2.89 bits per heavy atom. The fourth-order valence-electron chi connectivity index (χ4n) is 2.20. The molecule has 0 fully saturated rings. The Morgan fingerprint density at radius 2 is 2.28 bits per heavy atom. The molecular formula is C13H18BrN3S. The van der Waals surface area contributed by atoms with E-state index < -0.39 is 0 Å². The van der Waals surface area contributed by atoms with Gasteiger partial charge in [-0.2, -0.15) is 5.10 Å². The summed E-state index contributed by atoms with van der Waals surface area (Å²) in [5.74, 6) is 0. The molecule has 0 aliphatic heterocycles. The first-order valence-corrected chi connectivity index (χ1v) is 7.84. The average molecular weight is 328 g/mol. The smallest absolute Gasteiger partial charge is 0.0853 e. The minimum Gasteiger partial charge on any atom is -0.307 e. The Balaban J connectivity index is 2.48. The lowest BCUT2D eigenvalue weighted by atomic mass is 10.1. The average Bonchev–Trinajstić information content (AvgIpc) is 2.98. The minimum absolute atomic E-state index is 0.205. The zero-order chi connectivity index (χ0) is 13.1. The van der Waals surface area contributed by atoms with E-state index in [2.05, 4.69) is 51.6 Å². The number of aromatic nitrogens is 2. The Labute approximate surface area is 120 Å². The number of nitrogens with zero attached hydrogens (tertiary/aromatic N) is 2. The van der Waals surface area contributed by atoms with Crippen LogP contribution in [0.3, 0.4) is 0 Å². The van der Waals surface area contributed by atoms with Gasteiger partial charge in [-0.25, -0.2) is 0 Å². The van der Waals surface area contributed by atoms with Gasteiger partial charge in [0.2, 0.25) is 0 Å². The summed E-state index contributed by atoms with van der Waals surface area (Å²) < 4.78 is 3.11. The molecule has 1 N–H and O–H groups in total. The molecule has 0 aromatic carbocycles. The van der Waals surface area contributed by atoms with Crippen LogP contribution in [0.25, 0.3) is 0 Å². The van der Waals surface area contributed by atoms with Crippen LogP contribution in [0.4, 0.5) is 0 Å². The van der Waals surface area contributed by atoms with Crippen LogP contribution >= 0.6 is 27.3 Å². The van der Waals surface area contributed by atoms with Crippen molar-refractivity contribution < 1.29 is 0 Å². The maximum atomic E-state index is 4.40. The Kier molecular flexibility index (Phi) is 4.59. The molecule has 0 spiro atoms. The highest BCUT2D eigenvalue weighted by Crippen LogP contribution is 2.33. The van der Waals surface area contributed by atoms with Crippen LogP contribution < -0.4 is 5.32 Å². The van der Waals surface area contributed by atoms with Crippen molar-refractivity contribution in [1.29, 1.82) is 0 Å². The second-order valence-corrected chi connectivity index (χ2v) is 5.88. The second-order valence-electron chi connectivity index (χ2n) is 4.08. The molecule has 0 amide bonds. The number of halogens is 1. The fourth-order valence-corrected chi connectivity index (χ4v) is 3.83. The van der Waals surface area contributed by atoms with Crippen molar-refractivity contribution in [1.82, 2.24) is 15.1 Å². The third-order valence-electron chi connectivity index (χ3n) is 3.12. The van der Waals surface area contributed by atoms with Crippen LogP contribution in [0.2, 0.25) is 0 Å². The molecule has 0 saturated carbocycles. The first kappa shape index (κ1) is 13.8. The standard InChI is InChI=1S/C13H18BrN3S/c1-4-9-6-7-18-13(9)11(15-3)12-10(14)8-16-17(12)5-2/h6-8,11,15H,4-5H2,1-3H3. The Morgan fingerprint density at radius 1 is 1.50 bits per heavy atom. The summed E-state index contributed by atoms with van der Waals surface area (Å²) in [4.78, 5) is 1.39.